The number of hydrogen-bond acceptors (Lipinski definition) is 6. The van der Waals surface area contributed by atoms with Crippen LogP contribution in [-0.2, 0) is 9.59 Å². The van der Waals surface area contributed by atoms with Gasteiger partial charge in [-0.1, -0.05) is 29.8 Å². The lowest BCUT2D eigenvalue weighted by Gasteiger charge is -2.19. The number of carboxylic acids is 1. The Bertz CT molecular complexity index is 1390. The fourth-order valence-electron chi connectivity index (χ4n) is 3.50. The topological polar surface area (TPSA) is 83.6 Å². The summed E-state index contributed by atoms with van der Waals surface area (Å²) in [6.45, 7) is 1.68. The minimum atomic E-state index is -0.862. The predicted octanol–water partition coefficient (Wildman–Crippen LogP) is 6.72. The number of hydrogen-bond donors (Lipinski definition) is 1. The predicted molar refractivity (Wildman–Crippen MR) is 145 cm³/mol. The molecular formula is C26H25ClN2O4S2. The monoisotopic (exact) mass is 528 g/mol. The third-order valence-corrected chi connectivity index (χ3v) is 8.60. The normalized spacial score (nSPS) is 13.1. The Hall–Kier alpha value is -2.68. The van der Waals surface area contributed by atoms with Gasteiger partial charge in [0, 0.05) is 42.1 Å². The van der Waals surface area contributed by atoms with Gasteiger partial charge in [-0.05, 0) is 48.9 Å². The minimum Gasteiger partial charge on any atom is -0.480 e. The number of carbonyl (C=O) groups excluding carboxylic acids is 1. The average Bonchev–Trinajstić information content (AvgIpc) is 3.26. The third-order valence-electron chi connectivity index (χ3n) is 5.48. The standard InChI is InChI=1S/C26H25ClN2O4S2/c1-15(25(31)32)35-26(34-11-10-24(30)29(2)3)17-6-9-22-18(12-17)13-23(33-22)20-8-5-16-4-7-19(27)14-21(16)28-20/h4-9,12-15,26H,10-11H2,1-3H3,(H,31,32). The number of carboxylic acid groups (broad SMARTS) is 1. The summed E-state index contributed by atoms with van der Waals surface area (Å²) in [6, 6.07) is 17.3. The largest absolute Gasteiger partial charge is 0.480 e. The lowest BCUT2D eigenvalue weighted by molar-refractivity contribution is -0.136. The van der Waals surface area contributed by atoms with Crippen LogP contribution in [0.1, 0.15) is 23.5 Å². The van der Waals surface area contributed by atoms with Crippen molar-refractivity contribution in [3.63, 3.8) is 0 Å². The van der Waals surface area contributed by atoms with Crippen LogP contribution >= 0.6 is 35.1 Å². The van der Waals surface area contributed by atoms with Crippen LogP contribution in [-0.4, -0.2) is 52.0 Å². The molecular weight excluding hydrogens is 504 g/mol. The van der Waals surface area contributed by atoms with Gasteiger partial charge in [-0.2, -0.15) is 0 Å². The van der Waals surface area contributed by atoms with Gasteiger partial charge in [0.15, 0.2) is 5.76 Å². The number of benzene rings is 2. The quantitative estimate of drug-likeness (QED) is 0.241. The van der Waals surface area contributed by atoms with Gasteiger partial charge in [-0.25, -0.2) is 4.98 Å². The van der Waals surface area contributed by atoms with E-state index in [1.165, 1.54) is 11.8 Å². The zero-order valence-electron chi connectivity index (χ0n) is 19.5. The van der Waals surface area contributed by atoms with E-state index in [2.05, 4.69) is 0 Å². The van der Waals surface area contributed by atoms with Crippen molar-refractivity contribution in [3.05, 3.63) is 65.2 Å². The van der Waals surface area contributed by atoms with E-state index in [9.17, 15) is 14.7 Å². The average molecular weight is 529 g/mol. The highest BCUT2D eigenvalue weighted by Gasteiger charge is 2.22. The summed E-state index contributed by atoms with van der Waals surface area (Å²) in [7, 11) is 3.46. The smallest absolute Gasteiger partial charge is 0.316 e. The van der Waals surface area contributed by atoms with Crippen molar-refractivity contribution in [1.29, 1.82) is 0 Å². The molecule has 0 radical (unpaired) electrons. The minimum absolute atomic E-state index is 0.0478. The summed E-state index contributed by atoms with van der Waals surface area (Å²) < 4.78 is 5.93. The van der Waals surface area contributed by atoms with Crippen LogP contribution in [0.2, 0.25) is 5.02 Å². The molecule has 6 nitrogen and oxygen atoms in total. The van der Waals surface area contributed by atoms with E-state index in [0.29, 0.717) is 28.7 Å². The number of rotatable bonds is 9. The first-order valence-corrected chi connectivity index (χ1v) is 13.4. The molecule has 0 aliphatic heterocycles. The van der Waals surface area contributed by atoms with Crippen LogP contribution in [0.3, 0.4) is 0 Å². The van der Waals surface area contributed by atoms with Crippen molar-refractivity contribution in [2.24, 2.45) is 0 Å². The Balaban J connectivity index is 1.61. The molecule has 0 bridgehead atoms. The second-order valence-electron chi connectivity index (χ2n) is 8.30. The molecule has 2 aromatic heterocycles. The number of carbonyl (C=O) groups is 2. The highest BCUT2D eigenvalue weighted by atomic mass is 35.5. The van der Waals surface area contributed by atoms with Crippen LogP contribution in [0.15, 0.2) is 59.0 Å². The van der Waals surface area contributed by atoms with Crippen LogP contribution in [0.5, 0.6) is 0 Å². The van der Waals surface area contributed by atoms with Crippen molar-refractivity contribution < 1.29 is 19.1 Å². The van der Waals surface area contributed by atoms with E-state index < -0.39 is 11.2 Å². The molecule has 1 amide bonds. The summed E-state index contributed by atoms with van der Waals surface area (Å²) in [6.07, 6.45) is 0.395. The van der Waals surface area contributed by atoms with Gasteiger partial charge in [0.05, 0.1) is 10.1 Å². The van der Waals surface area contributed by atoms with Crippen LogP contribution < -0.4 is 0 Å². The highest BCUT2D eigenvalue weighted by molar-refractivity contribution is 8.16. The number of aliphatic carboxylic acids is 1. The zero-order valence-corrected chi connectivity index (χ0v) is 21.9. The Kier molecular flexibility index (Phi) is 7.94. The number of halogens is 1. The molecule has 182 valence electrons. The second-order valence-corrected chi connectivity index (χ2v) is 11.7. The first kappa shape index (κ1) is 25.4. The number of aromatic nitrogens is 1. The highest BCUT2D eigenvalue weighted by Crippen LogP contribution is 2.43. The maximum atomic E-state index is 12.0. The molecule has 2 heterocycles. The van der Waals surface area contributed by atoms with Gasteiger partial charge >= 0.3 is 5.97 Å². The van der Waals surface area contributed by atoms with Gasteiger partial charge in [0.1, 0.15) is 16.5 Å². The molecule has 9 heteroatoms. The number of amides is 1. The summed E-state index contributed by atoms with van der Waals surface area (Å²) >= 11 is 9.07. The molecule has 2 atom stereocenters. The number of furan rings is 1. The van der Waals surface area contributed by atoms with E-state index in [1.54, 1.807) is 37.7 Å². The molecule has 0 spiro atoms. The molecule has 2 aromatic carbocycles. The number of pyridine rings is 1. The first-order chi connectivity index (χ1) is 16.7. The molecule has 35 heavy (non-hydrogen) atoms. The molecule has 0 saturated carbocycles. The Morgan fingerprint density at radius 2 is 1.86 bits per heavy atom. The summed E-state index contributed by atoms with van der Waals surface area (Å²) in [4.78, 5) is 29.8. The van der Waals surface area contributed by atoms with Crippen LogP contribution in [0, 0.1) is 0 Å². The van der Waals surface area contributed by atoms with Crippen LogP contribution in [0.25, 0.3) is 33.3 Å². The Labute approximate surface area is 217 Å². The molecule has 0 fully saturated rings. The maximum absolute atomic E-state index is 12.0. The Morgan fingerprint density at radius 3 is 2.60 bits per heavy atom. The molecule has 2 unspecified atom stereocenters. The lowest BCUT2D eigenvalue weighted by atomic mass is 10.1. The van der Waals surface area contributed by atoms with Crippen molar-refractivity contribution in [3.8, 4) is 11.5 Å². The van der Waals surface area contributed by atoms with E-state index >= 15 is 0 Å². The summed E-state index contributed by atoms with van der Waals surface area (Å²) in [5.74, 6) is 0.427. The molecule has 0 aliphatic rings. The van der Waals surface area contributed by atoms with Crippen LogP contribution in [0.4, 0.5) is 0 Å². The van der Waals surface area contributed by atoms with Gasteiger partial charge < -0.3 is 14.4 Å². The van der Waals surface area contributed by atoms with Crippen molar-refractivity contribution >= 4 is 68.9 Å². The maximum Gasteiger partial charge on any atom is 0.316 e. The third kappa shape index (κ3) is 6.12. The van der Waals surface area contributed by atoms with Crippen molar-refractivity contribution in [1.82, 2.24) is 9.88 Å². The SMILES string of the molecule is CC(SC(SCCC(=O)N(C)C)c1ccc2oc(-c3ccc4ccc(Cl)cc4n3)cc2c1)C(=O)O. The van der Waals surface area contributed by atoms with Gasteiger partial charge in [-0.15, -0.1) is 23.5 Å². The second kappa shape index (κ2) is 10.9. The van der Waals surface area contributed by atoms with E-state index in [4.69, 9.17) is 21.0 Å². The summed E-state index contributed by atoms with van der Waals surface area (Å²) in [5.41, 5.74) is 3.20. The molecule has 0 saturated heterocycles. The molecule has 4 rings (SSSR count). The van der Waals surface area contributed by atoms with Crippen molar-refractivity contribution in [2.45, 2.75) is 23.2 Å². The fraction of sp³-hybridized carbons (Fsp3) is 0.269. The number of fused-ring (bicyclic) bond motifs is 2. The lowest BCUT2D eigenvalue weighted by Crippen LogP contribution is -2.22. The zero-order chi connectivity index (χ0) is 25.1. The van der Waals surface area contributed by atoms with E-state index in [1.807, 2.05) is 54.6 Å². The van der Waals surface area contributed by atoms with E-state index in [-0.39, 0.29) is 10.5 Å². The number of thioether (sulfide) groups is 2. The Morgan fingerprint density at radius 1 is 1.09 bits per heavy atom. The van der Waals surface area contributed by atoms with Gasteiger partial charge in [0.25, 0.3) is 0 Å². The summed E-state index contributed by atoms with van der Waals surface area (Å²) in [5, 5.41) is 11.4. The first-order valence-electron chi connectivity index (χ1n) is 11.0. The molecule has 4 aromatic rings. The molecule has 0 aliphatic carbocycles. The number of nitrogens with zero attached hydrogens (tertiary/aromatic N) is 2. The van der Waals surface area contributed by atoms with Gasteiger partial charge in [0.2, 0.25) is 5.91 Å². The fourth-order valence-corrected chi connectivity index (χ4v) is 6.40. The molecule has 1 N–H and O–H groups in total. The van der Waals surface area contributed by atoms with Gasteiger partial charge in [-0.3, -0.25) is 9.59 Å². The van der Waals surface area contributed by atoms with E-state index in [0.717, 1.165) is 27.4 Å². The van der Waals surface area contributed by atoms with Crippen molar-refractivity contribution in [2.75, 3.05) is 19.8 Å².